The van der Waals surface area contributed by atoms with Gasteiger partial charge in [0.15, 0.2) is 0 Å². The third kappa shape index (κ3) is 3.57. The Labute approximate surface area is 141 Å². The number of halogens is 2. The Bertz CT molecular complexity index is 678. The van der Waals surface area contributed by atoms with E-state index in [4.69, 9.17) is 5.73 Å². The van der Waals surface area contributed by atoms with Gasteiger partial charge in [0, 0.05) is 29.9 Å². The van der Waals surface area contributed by atoms with E-state index >= 15 is 0 Å². The van der Waals surface area contributed by atoms with E-state index in [1.165, 1.54) is 11.3 Å². The number of thioether (sulfide) groups is 1. The number of rotatable bonds is 4. The quantitative estimate of drug-likeness (QED) is 0.853. The number of carbonyl (C=O) groups excluding carboxylic acids is 1. The van der Waals surface area contributed by atoms with E-state index in [1.807, 2.05) is 30.3 Å². The lowest BCUT2D eigenvalue weighted by Gasteiger charge is -2.16. The lowest BCUT2D eigenvalue weighted by Crippen LogP contribution is -2.32. The predicted molar refractivity (Wildman–Crippen MR) is 89.2 cm³/mol. The van der Waals surface area contributed by atoms with Crippen molar-refractivity contribution in [3.8, 4) is 0 Å². The van der Waals surface area contributed by atoms with Crippen LogP contribution in [0.5, 0.6) is 0 Å². The van der Waals surface area contributed by atoms with Crippen molar-refractivity contribution < 1.29 is 13.6 Å². The predicted octanol–water partition coefficient (Wildman–Crippen LogP) is 3.63. The number of hydrogen-bond acceptors (Lipinski definition) is 4. The summed E-state index contributed by atoms with van der Waals surface area (Å²) in [5.74, 6) is -2.67. The van der Waals surface area contributed by atoms with Crippen LogP contribution >= 0.6 is 23.1 Å². The van der Waals surface area contributed by atoms with E-state index in [0.29, 0.717) is 34.6 Å². The summed E-state index contributed by atoms with van der Waals surface area (Å²) in [7, 11) is 0. The molecule has 0 spiro atoms. The molecule has 23 heavy (non-hydrogen) atoms. The Balaban J connectivity index is 1.76. The molecule has 7 heteroatoms. The van der Waals surface area contributed by atoms with Crippen LogP contribution in [0.3, 0.4) is 0 Å². The highest BCUT2D eigenvalue weighted by atomic mass is 32.2. The van der Waals surface area contributed by atoms with Gasteiger partial charge in [0.2, 0.25) is 0 Å². The number of amides is 1. The number of carbonyl (C=O) groups is 1. The van der Waals surface area contributed by atoms with Gasteiger partial charge in [-0.25, -0.2) is 0 Å². The summed E-state index contributed by atoms with van der Waals surface area (Å²) in [6, 6.07) is 11.3. The molecule has 0 unspecified atom stereocenters. The van der Waals surface area contributed by atoms with Crippen molar-refractivity contribution in [1.29, 1.82) is 0 Å². The molecule has 1 aliphatic heterocycles. The van der Waals surface area contributed by atoms with E-state index < -0.39 is 5.76 Å². The summed E-state index contributed by atoms with van der Waals surface area (Å²) < 4.78 is 25.2. The van der Waals surface area contributed by atoms with Crippen molar-refractivity contribution in [2.45, 2.75) is 22.6 Å². The van der Waals surface area contributed by atoms with Gasteiger partial charge in [-0.2, -0.15) is 8.78 Å². The number of benzene rings is 1. The maximum atomic E-state index is 12.7. The van der Waals surface area contributed by atoms with Crippen LogP contribution in [0.2, 0.25) is 0 Å². The van der Waals surface area contributed by atoms with Crippen molar-refractivity contribution in [2.24, 2.45) is 5.73 Å². The molecule has 1 aliphatic rings. The molecule has 0 bridgehead atoms. The average molecular weight is 354 g/mol. The number of hydrogen-bond donors (Lipinski definition) is 1. The average Bonchev–Trinajstić information content (AvgIpc) is 3.13. The van der Waals surface area contributed by atoms with Crippen LogP contribution in [0, 0.1) is 0 Å². The highest BCUT2D eigenvalue weighted by Crippen LogP contribution is 2.34. The number of alkyl halides is 2. The first-order valence-corrected chi connectivity index (χ1v) is 8.94. The highest BCUT2D eigenvalue weighted by molar-refractivity contribution is 7.99. The monoisotopic (exact) mass is 354 g/mol. The van der Waals surface area contributed by atoms with Crippen LogP contribution in [0.1, 0.15) is 21.2 Å². The van der Waals surface area contributed by atoms with E-state index in [-0.39, 0.29) is 17.9 Å². The second-order valence-corrected chi connectivity index (χ2v) is 7.33. The van der Waals surface area contributed by atoms with E-state index in [9.17, 15) is 13.6 Å². The van der Waals surface area contributed by atoms with Crippen molar-refractivity contribution >= 4 is 29.0 Å². The molecular formula is C16H16F2N2OS2. The van der Waals surface area contributed by atoms with Gasteiger partial charge in [0.05, 0.1) is 0 Å². The molecule has 0 aliphatic carbocycles. The molecular weight excluding hydrogens is 338 g/mol. The van der Waals surface area contributed by atoms with Gasteiger partial charge in [0.25, 0.3) is 11.7 Å². The SMILES string of the molecule is N[C@@H]1CN(C(=O)c2sccc2SC(F)F)C[C@H]1c1ccccc1. The molecule has 2 N–H and O–H groups in total. The van der Waals surface area contributed by atoms with Crippen LogP contribution in [-0.2, 0) is 0 Å². The summed E-state index contributed by atoms with van der Waals surface area (Å²) in [6.07, 6.45) is 0. The van der Waals surface area contributed by atoms with Gasteiger partial charge in [-0.3, -0.25) is 4.79 Å². The molecule has 1 aromatic heterocycles. The fourth-order valence-corrected chi connectivity index (χ4v) is 4.50. The van der Waals surface area contributed by atoms with Gasteiger partial charge < -0.3 is 10.6 Å². The molecule has 2 atom stereocenters. The summed E-state index contributed by atoms with van der Waals surface area (Å²) in [5, 5.41) is 1.67. The Kier molecular flexibility index (Phi) is 4.99. The molecule has 3 nitrogen and oxygen atoms in total. The van der Waals surface area contributed by atoms with Crippen LogP contribution in [0.4, 0.5) is 8.78 Å². The first-order valence-electron chi connectivity index (χ1n) is 7.18. The fraction of sp³-hybridized carbons (Fsp3) is 0.312. The third-order valence-corrected chi connectivity index (χ3v) is 5.72. The van der Waals surface area contributed by atoms with Gasteiger partial charge in [-0.1, -0.05) is 42.1 Å². The number of likely N-dealkylation sites (tertiary alicyclic amines) is 1. The first-order chi connectivity index (χ1) is 11.1. The van der Waals surface area contributed by atoms with Crippen molar-refractivity contribution in [1.82, 2.24) is 4.90 Å². The fourth-order valence-electron chi connectivity index (χ4n) is 2.83. The van der Waals surface area contributed by atoms with E-state index in [0.717, 1.165) is 5.56 Å². The zero-order valence-corrected chi connectivity index (χ0v) is 13.8. The second kappa shape index (κ2) is 6.98. The lowest BCUT2D eigenvalue weighted by atomic mass is 9.95. The molecule has 2 heterocycles. The normalized spacial score (nSPS) is 21.1. The highest BCUT2D eigenvalue weighted by Gasteiger charge is 2.35. The minimum Gasteiger partial charge on any atom is -0.336 e. The Morgan fingerprint density at radius 3 is 2.70 bits per heavy atom. The van der Waals surface area contributed by atoms with E-state index in [2.05, 4.69) is 0 Å². The summed E-state index contributed by atoms with van der Waals surface area (Å²) in [4.78, 5) is 15.0. The molecule has 3 rings (SSSR count). The minimum atomic E-state index is -2.53. The smallest absolute Gasteiger partial charge is 0.288 e. The van der Waals surface area contributed by atoms with Gasteiger partial charge in [0.1, 0.15) is 4.88 Å². The summed E-state index contributed by atoms with van der Waals surface area (Å²) in [5.41, 5.74) is 7.30. The summed E-state index contributed by atoms with van der Waals surface area (Å²) in [6.45, 7) is 0.954. The maximum absolute atomic E-state index is 12.7. The van der Waals surface area contributed by atoms with Crippen LogP contribution < -0.4 is 5.73 Å². The van der Waals surface area contributed by atoms with Gasteiger partial charge in [-0.05, 0) is 17.0 Å². The lowest BCUT2D eigenvalue weighted by molar-refractivity contribution is 0.0791. The van der Waals surface area contributed by atoms with Crippen molar-refractivity contribution in [3.05, 3.63) is 52.2 Å². The zero-order chi connectivity index (χ0) is 16.4. The van der Waals surface area contributed by atoms with Gasteiger partial charge in [-0.15, -0.1) is 11.3 Å². The van der Waals surface area contributed by atoms with Crippen molar-refractivity contribution in [2.75, 3.05) is 13.1 Å². The van der Waals surface area contributed by atoms with Crippen LogP contribution in [0.25, 0.3) is 0 Å². The van der Waals surface area contributed by atoms with Crippen LogP contribution in [-0.4, -0.2) is 35.7 Å². The number of thiophene rings is 1. The first kappa shape index (κ1) is 16.4. The zero-order valence-electron chi connectivity index (χ0n) is 12.2. The topological polar surface area (TPSA) is 46.3 Å². The molecule has 0 radical (unpaired) electrons. The molecule has 122 valence electrons. The molecule has 0 saturated carbocycles. The Morgan fingerprint density at radius 1 is 1.26 bits per heavy atom. The van der Waals surface area contributed by atoms with Crippen LogP contribution in [0.15, 0.2) is 46.7 Å². The molecule has 1 saturated heterocycles. The maximum Gasteiger partial charge on any atom is 0.288 e. The molecule has 1 fully saturated rings. The second-order valence-electron chi connectivity index (χ2n) is 5.38. The third-order valence-electron chi connectivity index (χ3n) is 3.92. The van der Waals surface area contributed by atoms with E-state index in [1.54, 1.807) is 16.3 Å². The van der Waals surface area contributed by atoms with Crippen molar-refractivity contribution in [3.63, 3.8) is 0 Å². The number of nitrogens with zero attached hydrogens (tertiary/aromatic N) is 1. The Hall–Kier alpha value is -1.44. The number of nitrogens with two attached hydrogens (primary N) is 1. The Morgan fingerprint density at radius 2 is 2.00 bits per heavy atom. The molecule has 1 amide bonds. The molecule has 2 aromatic rings. The summed E-state index contributed by atoms with van der Waals surface area (Å²) >= 11 is 1.61. The van der Waals surface area contributed by atoms with Gasteiger partial charge >= 0.3 is 0 Å². The largest absolute Gasteiger partial charge is 0.336 e. The standard InChI is InChI=1S/C16H16F2N2OS2/c17-16(18)23-13-6-7-22-14(13)15(21)20-8-11(12(19)9-20)10-4-2-1-3-5-10/h1-7,11-12,16H,8-9,19H2/t11-,12+/m0/s1. The molecule has 1 aromatic carbocycles. The minimum absolute atomic E-state index is 0.0753.